The van der Waals surface area contributed by atoms with Crippen LogP contribution in [0.3, 0.4) is 0 Å². The lowest BCUT2D eigenvalue weighted by Crippen LogP contribution is -2.26. The maximum atomic E-state index is 13.7. The summed E-state index contributed by atoms with van der Waals surface area (Å²) in [7, 11) is 0. The average Bonchev–Trinajstić information content (AvgIpc) is 2.27. The van der Waals surface area contributed by atoms with E-state index in [9.17, 15) is 4.39 Å². The Morgan fingerprint density at radius 3 is 2.82 bits per heavy atom. The number of rotatable bonds is 2. The molecule has 0 saturated heterocycles. The second-order valence-electron chi connectivity index (χ2n) is 5.13. The topological polar surface area (TPSA) is 0 Å². The van der Waals surface area contributed by atoms with Gasteiger partial charge in [-0.05, 0) is 55.2 Å². The van der Waals surface area contributed by atoms with Crippen molar-refractivity contribution < 1.29 is 4.39 Å². The number of alkyl halides is 1. The van der Waals surface area contributed by atoms with Crippen molar-refractivity contribution in [2.75, 3.05) is 0 Å². The van der Waals surface area contributed by atoms with Crippen molar-refractivity contribution in [3.63, 3.8) is 0 Å². The Morgan fingerprint density at radius 2 is 2.12 bits per heavy atom. The molecule has 2 rings (SSSR count). The molecule has 0 radical (unpaired) electrons. The van der Waals surface area contributed by atoms with Gasteiger partial charge in [0.05, 0.1) is 0 Å². The van der Waals surface area contributed by atoms with Crippen LogP contribution in [0.5, 0.6) is 0 Å². The highest BCUT2D eigenvalue weighted by Crippen LogP contribution is 2.35. The van der Waals surface area contributed by atoms with Crippen molar-refractivity contribution in [2.45, 2.75) is 38.0 Å². The summed E-state index contributed by atoms with van der Waals surface area (Å²) in [4.78, 5) is 0. The molecule has 1 saturated carbocycles. The van der Waals surface area contributed by atoms with E-state index in [0.29, 0.717) is 16.9 Å². The fourth-order valence-electron chi connectivity index (χ4n) is 2.64. The van der Waals surface area contributed by atoms with Crippen LogP contribution in [-0.2, 0) is 6.42 Å². The zero-order chi connectivity index (χ0) is 12.4. The number of halogens is 3. The Bertz CT molecular complexity index is 392. The van der Waals surface area contributed by atoms with Crippen LogP contribution in [0.15, 0.2) is 18.2 Å². The van der Waals surface area contributed by atoms with Crippen LogP contribution in [0.25, 0.3) is 0 Å². The third-order valence-electron chi connectivity index (χ3n) is 3.65. The van der Waals surface area contributed by atoms with E-state index in [1.807, 2.05) is 0 Å². The number of hydrogen-bond acceptors (Lipinski definition) is 0. The molecular formula is C14H17Cl2F. The van der Waals surface area contributed by atoms with Gasteiger partial charge in [0.25, 0.3) is 0 Å². The largest absolute Gasteiger partial charge is 0.207 e. The van der Waals surface area contributed by atoms with E-state index in [-0.39, 0.29) is 11.2 Å². The third kappa shape index (κ3) is 3.35. The zero-order valence-corrected chi connectivity index (χ0v) is 11.4. The molecular weight excluding hydrogens is 258 g/mol. The summed E-state index contributed by atoms with van der Waals surface area (Å²) in [5.74, 6) is 0.876. The first kappa shape index (κ1) is 13.2. The van der Waals surface area contributed by atoms with Crippen LogP contribution in [0.1, 0.15) is 31.7 Å². The lowest BCUT2D eigenvalue weighted by atomic mass is 9.79. The third-order valence-corrected chi connectivity index (χ3v) is 4.46. The number of benzene rings is 1. The summed E-state index contributed by atoms with van der Waals surface area (Å²) in [5.41, 5.74) is 0.735. The summed E-state index contributed by atoms with van der Waals surface area (Å²) in [6.07, 6.45) is 4.05. The maximum Gasteiger partial charge on any atom is 0.127 e. The molecule has 0 bridgehead atoms. The van der Waals surface area contributed by atoms with E-state index in [0.717, 1.165) is 24.8 Å². The lowest BCUT2D eigenvalue weighted by molar-refractivity contribution is 0.285. The van der Waals surface area contributed by atoms with Crippen molar-refractivity contribution in [1.82, 2.24) is 0 Å². The van der Waals surface area contributed by atoms with Crippen LogP contribution >= 0.6 is 23.2 Å². The molecule has 3 atom stereocenters. The summed E-state index contributed by atoms with van der Waals surface area (Å²) in [6.45, 7) is 2.24. The monoisotopic (exact) mass is 274 g/mol. The molecule has 1 aliphatic rings. The van der Waals surface area contributed by atoms with E-state index < -0.39 is 0 Å². The fourth-order valence-corrected chi connectivity index (χ4v) is 3.12. The van der Waals surface area contributed by atoms with Crippen LogP contribution in [0.2, 0.25) is 5.02 Å². The highest BCUT2D eigenvalue weighted by Gasteiger charge is 2.27. The maximum absolute atomic E-state index is 13.7. The molecule has 0 aromatic heterocycles. The van der Waals surface area contributed by atoms with Gasteiger partial charge in [-0.1, -0.05) is 24.6 Å². The molecule has 3 unspecified atom stereocenters. The molecule has 17 heavy (non-hydrogen) atoms. The Balaban J connectivity index is 2.08. The van der Waals surface area contributed by atoms with Crippen LogP contribution < -0.4 is 0 Å². The first-order chi connectivity index (χ1) is 8.06. The van der Waals surface area contributed by atoms with Crippen LogP contribution in [0, 0.1) is 17.7 Å². The summed E-state index contributed by atoms with van der Waals surface area (Å²) >= 11 is 12.1. The van der Waals surface area contributed by atoms with Crippen molar-refractivity contribution in [1.29, 1.82) is 0 Å². The fraction of sp³-hybridized carbons (Fsp3) is 0.571. The molecule has 0 N–H and O–H groups in total. The highest BCUT2D eigenvalue weighted by atomic mass is 35.5. The predicted molar refractivity (Wildman–Crippen MR) is 71.3 cm³/mol. The number of hydrogen-bond donors (Lipinski definition) is 0. The van der Waals surface area contributed by atoms with E-state index in [1.54, 1.807) is 12.1 Å². The van der Waals surface area contributed by atoms with Crippen molar-refractivity contribution in [3.05, 3.63) is 34.6 Å². The highest BCUT2D eigenvalue weighted by molar-refractivity contribution is 6.30. The van der Waals surface area contributed by atoms with Gasteiger partial charge >= 0.3 is 0 Å². The quantitative estimate of drug-likeness (QED) is 0.661. The molecule has 3 heteroatoms. The van der Waals surface area contributed by atoms with Gasteiger partial charge in [-0.3, -0.25) is 0 Å². The molecule has 1 aromatic rings. The minimum Gasteiger partial charge on any atom is -0.207 e. The molecule has 0 spiro atoms. The van der Waals surface area contributed by atoms with Gasteiger partial charge in [0.2, 0.25) is 0 Å². The average molecular weight is 275 g/mol. The van der Waals surface area contributed by atoms with E-state index in [1.165, 1.54) is 12.5 Å². The zero-order valence-electron chi connectivity index (χ0n) is 9.93. The summed E-state index contributed by atoms with van der Waals surface area (Å²) in [6, 6.07) is 4.91. The normalized spacial score (nSPS) is 29.3. The molecule has 0 amide bonds. The van der Waals surface area contributed by atoms with Gasteiger partial charge in [0.15, 0.2) is 0 Å². The van der Waals surface area contributed by atoms with E-state index in [4.69, 9.17) is 23.2 Å². The van der Waals surface area contributed by atoms with Gasteiger partial charge in [0, 0.05) is 10.4 Å². The Kier molecular flexibility index (Phi) is 4.32. The smallest absolute Gasteiger partial charge is 0.127 e. The van der Waals surface area contributed by atoms with Crippen LogP contribution in [-0.4, -0.2) is 5.38 Å². The second-order valence-corrected chi connectivity index (χ2v) is 6.13. The van der Waals surface area contributed by atoms with Crippen molar-refractivity contribution in [3.8, 4) is 0 Å². The van der Waals surface area contributed by atoms with Crippen molar-refractivity contribution >= 4 is 23.2 Å². The Hall–Kier alpha value is -0.270. The Morgan fingerprint density at radius 1 is 1.35 bits per heavy atom. The van der Waals surface area contributed by atoms with E-state index in [2.05, 4.69) is 6.92 Å². The molecule has 0 nitrogen and oxygen atoms in total. The first-order valence-corrected chi connectivity index (χ1v) is 6.95. The van der Waals surface area contributed by atoms with Gasteiger partial charge in [0.1, 0.15) is 5.82 Å². The molecule has 0 aliphatic heterocycles. The van der Waals surface area contributed by atoms with Crippen LogP contribution in [0.4, 0.5) is 4.39 Å². The minimum absolute atomic E-state index is 0.182. The standard InChI is InChI=1S/C14H17Cl2F/c1-9-2-5-13(16)11(6-9)7-10-3-4-12(15)8-14(10)17/h3-4,8-9,11,13H,2,5-7H2,1H3. The van der Waals surface area contributed by atoms with Gasteiger partial charge < -0.3 is 0 Å². The molecule has 1 aliphatic carbocycles. The first-order valence-electron chi connectivity index (χ1n) is 6.14. The van der Waals surface area contributed by atoms with Gasteiger partial charge in [-0.25, -0.2) is 4.39 Å². The van der Waals surface area contributed by atoms with Crippen molar-refractivity contribution in [2.24, 2.45) is 11.8 Å². The predicted octanol–water partition coefficient (Wildman–Crippen LogP) is 5.07. The van der Waals surface area contributed by atoms with E-state index >= 15 is 0 Å². The lowest BCUT2D eigenvalue weighted by Gasteiger charge is -2.31. The molecule has 0 heterocycles. The molecule has 1 fully saturated rings. The van der Waals surface area contributed by atoms with Gasteiger partial charge in [-0.15, -0.1) is 11.6 Å². The molecule has 1 aromatic carbocycles. The summed E-state index contributed by atoms with van der Waals surface area (Å²) < 4.78 is 13.7. The SMILES string of the molecule is CC1CCC(Cl)C(Cc2ccc(Cl)cc2F)C1. The minimum atomic E-state index is -0.209. The second kappa shape index (κ2) is 5.58. The Labute approximate surface area is 112 Å². The van der Waals surface area contributed by atoms with Gasteiger partial charge in [-0.2, -0.15) is 0 Å². The molecule has 94 valence electrons. The summed E-state index contributed by atoms with van der Waals surface area (Å²) in [5, 5.41) is 0.631.